The molecule has 0 saturated carbocycles. The van der Waals surface area contributed by atoms with Crippen molar-refractivity contribution in [1.29, 1.82) is 0 Å². The van der Waals surface area contributed by atoms with Crippen LogP contribution in [0.1, 0.15) is 17.5 Å². The SMILES string of the molecule is CN1C(=O)CC(NCc2cc(Cl)cc3c2OCC3)C1=O. The van der Waals surface area contributed by atoms with Crippen LogP contribution in [0.25, 0.3) is 0 Å². The summed E-state index contributed by atoms with van der Waals surface area (Å²) < 4.78 is 5.61. The van der Waals surface area contributed by atoms with E-state index < -0.39 is 6.04 Å². The Balaban J connectivity index is 1.74. The van der Waals surface area contributed by atoms with Gasteiger partial charge in [0.25, 0.3) is 0 Å². The summed E-state index contributed by atoms with van der Waals surface area (Å²) in [7, 11) is 1.51. The number of carbonyl (C=O) groups excluding carboxylic acids is 2. The van der Waals surface area contributed by atoms with Crippen LogP contribution in [-0.2, 0) is 22.6 Å². The second-order valence-electron chi connectivity index (χ2n) is 5.08. The monoisotopic (exact) mass is 294 g/mol. The van der Waals surface area contributed by atoms with Gasteiger partial charge in [0.2, 0.25) is 11.8 Å². The quantitative estimate of drug-likeness (QED) is 0.849. The van der Waals surface area contributed by atoms with Gasteiger partial charge in [-0.2, -0.15) is 0 Å². The molecule has 1 unspecified atom stereocenters. The average molecular weight is 295 g/mol. The minimum absolute atomic E-state index is 0.153. The summed E-state index contributed by atoms with van der Waals surface area (Å²) in [5.41, 5.74) is 2.03. The van der Waals surface area contributed by atoms with Crippen LogP contribution in [0.3, 0.4) is 0 Å². The Bertz CT molecular complexity index is 588. The molecular weight excluding hydrogens is 280 g/mol. The van der Waals surface area contributed by atoms with E-state index in [-0.39, 0.29) is 18.2 Å². The zero-order chi connectivity index (χ0) is 14.3. The third kappa shape index (κ3) is 2.27. The van der Waals surface area contributed by atoms with Crippen molar-refractivity contribution in [1.82, 2.24) is 10.2 Å². The summed E-state index contributed by atoms with van der Waals surface area (Å²) in [6.45, 7) is 1.12. The number of rotatable bonds is 3. The molecule has 0 radical (unpaired) electrons. The molecular formula is C14H15ClN2O3. The fourth-order valence-electron chi connectivity index (χ4n) is 2.63. The summed E-state index contributed by atoms with van der Waals surface area (Å²) in [4.78, 5) is 24.5. The molecule has 2 aliphatic rings. The van der Waals surface area contributed by atoms with Crippen LogP contribution in [0.5, 0.6) is 5.75 Å². The second kappa shape index (κ2) is 5.07. The highest BCUT2D eigenvalue weighted by Gasteiger charge is 2.35. The van der Waals surface area contributed by atoms with Gasteiger partial charge in [-0.3, -0.25) is 14.5 Å². The minimum Gasteiger partial charge on any atom is -0.493 e. The van der Waals surface area contributed by atoms with Crippen LogP contribution >= 0.6 is 11.6 Å². The third-order valence-electron chi connectivity index (χ3n) is 3.75. The van der Waals surface area contributed by atoms with Crippen molar-refractivity contribution in [3.8, 4) is 5.75 Å². The highest BCUT2D eigenvalue weighted by atomic mass is 35.5. The van der Waals surface area contributed by atoms with Crippen molar-refractivity contribution < 1.29 is 14.3 Å². The molecule has 106 valence electrons. The molecule has 6 heteroatoms. The summed E-state index contributed by atoms with van der Waals surface area (Å²) in [5, 5.41) is 3.78. The molecule has 0 aromatic heterocycles. The van der Waals surface area contributed by atoms with Crippen molar-refractivity contribution in [3.63, 3.8) is 0 Å². The Morgan fingerprint density at radius 3 is 2.95 bits per heavy atom. The lowest BCUT2D eigenvalue weighted by Crippen LogP contribution is -2.36. The first-order valence-electron chi connectivity index (χ1n) is 6.54. The minimum atomic E-state index is -0.455. The van der Waals surface area contributed by atoms with E-state index in [1.165, 1.54) is 7.05 Å². The molecule has 5 nitrogen and oxygen atoms in total. The Morgan fingerprint density at radius 1 is 1.45 bits per heavy atom. The Kier molecular flexibility index (Phi) is 3.40. The lowest BCUT2D eigenvalue weighted by atomic mass is 10.1. The van der Waals surface area contributed by atoms with Gasteiger partial charge in [0.15, 0.2) is 0 Å². The number of fused-ring (bicyclic) bond motifs is 1. The van der Waals surface area contributed by atoms with Crippen LogP contribution in [0.2, 0.25) is 5.02 Å². The maximum atomic E-state index is 11.8. The number of likely N-dealkylation sites (N-methyl/N-ethyl adjacent to an activating group) is 1. The maximum Gasteiger partial charge on any atom is 0.246 e. The van der Waals surface area contributed by atoms with Crippen molar-refractivity contribution in [2.24, 2.45) is 0 Å². The number of ether oxygens (including phenoxy) is 1. The molecule has 0 bridgehead atoms. The normalized spacial score (nSPS) is 21.3. The van der Waals surface area contributed by atoms with Gasteiger partial charge < -0.3 is 10.1 Å². The molecule has 1 aromatic carbocycles. The van der Waals surface area contributed by atoms with Crippen molar-refractivity contribution in [2.45, 2.75) is 25.4 Å². The van der Waals surface area contributed by atoms with Crippen molar-refractivity contribution >= 4 is 23.4 Å². The zero-order valence-electron chi connectivity index (χ0n) is 11.1. The fourth-order valence-corrected chi connectivity index (χ4v) is 2.89. The molecule has 0 aliphatic carbocycles. The first-order chi connectivity index (χ1) is 9.56. The van der Waals surface area contributed by atoms with E-state index in [1.807, 2.05) is 12.1 Å². The number of likely N-dealkylation sites (tertiary alicyclic amines) is 1. The predicted octanol–water partition coefficient (Wildman–Crippen LogP) is 1.12. The Labute approximate surface area is 121 Å². The van der Waals surface area contributed by atoms with Crippen molar-refractivity contribution in [2.75, 3.05) is 13.7 Å². The largest absolute Gasteiger partial charge is 0.493 e. The lowest BCUT2D eigenvalue weighted by Gasteiger charge is -2.13. The van der Waals surface area contributed by atoms with E-state index >= 15 is 0 Å². The third-order valence-corrected chi connectivity index (χ3v) is 3.96. The standard InChI is InChI=1S/C14H15ClN2O3/c1-17-12(18)6-11(14(17)19)16-7-9-5-10(15)4-8-2-3-20-13(8)9/h4-5,11,16H,2-3,6-7H2,1H3. The maximum absolute atomic E-state index is 11.8. The molecule has 0 spiro atoms. The van der Waals surface area contributed by atoms with E-state index in [2.05, 4.69) is 5.32 Å². The number of nitrogens with one attached hydrogen (secondary N) is 1. The number of carbonyl (C=O) groups is 2. The van der Waals surface area contributed by atoms with Gasteiger partial charge in [0.1, 0.15) is 5.75 Å². The number of benzene rings is 1. The molecule has 2 amide bonds. The number of nitrogens with zero attached hydrogens (tertiary/aromatic N) is 1. The smallest absolute Gasteiger partial charge is 0.246 e. The molecule has 2 heterocycles. The van der Waals surface area contributed by atoms with Gasteiger partial charge in [0, 0.05) is 30.6 Å². The summed E-state index contributed by atoms with van der Waals surface area (Å²) in [6, 6.07) is 3.29. The van der Waals surface area contributed by atoms with E-state index in [0.717, 1.165) is 28.2 Å². The average Bonchev–Trinajstić information content (AvgIpc) is 2.97. The van der Waals surface area contributed by atoms with Crippen LogP contribution in [0.4, 0.5) is 0 Å². The van der Waals surface area contributed by atoms with E-state index in [1.54, 1.807) is 0 Å². The van der Waals surface area contributed by atoms with Crippen molar-refractivity contribution in [3.05, 3.63) is 28.3 Å². The topological polar surface area (TPSA) is 58.6 Å². The van der Waals surface area contributed by atoms with E-state index in [0.29, 0.717) is 18.2 Å². The van der Waals surface area contributed by atoms with Crippen LogP contribution < -0.4 is 10.1 Å². The number of hydrogen-bond acceptors (Lipinski definition) is 4. The fraction of sp³-hybridized carbons (Fsp3) is 0.429. The lowest BCUT2D eigenvalue weighted by molar-refractivity contribution is -0.137. The molecule has 1 aromatic rings. The first-order valence-corrected chi connectivity index (χ1v) is 6.92. The molecule has 3 rings (SSSR count). The van der Waals surface area contributed by atoms with Crippen LogP contribution in [0.15, 0.2) is 12.1 Å². The van der Waals surface area contributed by atoms with Gasteiger partial charge in [-0.25, -0.2) is 0 Å². The number of hydrogen-bond donors (Lipinski definition) is 1. The second-order valence-corrected chi connectivity index (χ2v) is 5.52. The summed E-state index contributed by atoms with van der Waals surface area (Å²) in [6.07, 6.45) is 1.06. The molecule has 1 saturated heterocycles. The molecule has 1 N–H and O–H groups in total. The van der Waals surface area contributed by atoms with Gasteiger partial charge in [-0.05, 0) is 17.7 Å². The van der Waals surface area contributed by atoms with E-state index in [4.69, 9.17) is 16.3 Å². The number of halogens is 1. The van der Waals surface area contributed by atoms with Gasteiger partial charge in [-0.15, -0.1) is 0 Å². The Hall–Kier alpha value is -1.59. The van der Waals surface area contributed by atoms with Gasteiger partial charge in [-0.1, -0.05) is 11.6 Å². The van der Waals surface area contributed by atoms with Gasteiger partial charge >= 0.3 is 0 Å². The molecule has 1 atom stereocenters. The highest BCUT2D eigenvalue weighted by Crippen LogP contribution is 2.32. The highest BCUT2D eigenvalue weighted by molar-refractivity contribution is 6.30. The molecule has 20 heavy (non-hydrogen) atoms. The first kappa shape index (κ1) is 13.4. The van der Waals surface area contributed by atoms with E-state index in [9.17, 15) is 9.59 Å². The Morgan fingerprint density at radius 2 is 2.25 bits per heavy atom. The number of imide groups is 1. The van der Waals surface area contributed by atoms with Gasteiger partial charge in [0.05, 0.1) is 19.1 Å². The van der Waals surface area contributed by atoms with Crippen LogP contribution in [0, 0.1) is 0 Å². The van der Waals surface area contributed by atoms with Crippen LogP contribution in [-0.4, -0.2) is 36.4 Å². The predicted molar refractivity (Wildman–Crippen MR) is 73.7 cm³/mol. The zero-order valence-corrected chi connectivity index (χ0v) is 11.9. The molecule has 1 fully saturated rings. The molecule has 2 aliphatic heterocycles. The number of amides is 2. The summed E-state index contributed by atoms with van der Waals surface area (Å²) in [5.74, 6) is 0.515. The summed E-state index contributed by atoms with van der Waals surface area (Å²) >= 11 is 6.09.